The Morgan fingerprint density at radius 3 is 2.53 bits per heavy atom. The summed E-state index contributed by atoms with van der Waals surface area (Å²) in [6.45, 7) is 1.37. The fourth-order valence-electron chi connectivity index (χ4n) is 2.03. The zero-order valence-corrected chi connectivity index (χ0v) is 10.9. The summed E-state index contributed by atoms with van der Waals surface area (Å²) >= 11 is 0. The van der Waals surface area contributed by atoms with Crippen LogP contribution in [0.25, 0.3) is 0 Å². The Bertz CT molecular complexity index is 596. The van der Waals surface area contributed by atoms with Gasteiger partial charge in [-0.15, -0.1) is 0 Å². The van der Waals surface area contributed by atoms with Gasteiger partial charge in [-0.2, -0.15) is 0 Å². The Morgan fingerprint density at radius 1 is 1.32 bits per heavy atom. The van der Waals surface area contributed by atoms with Crippen LogP contribution in [0.3, 0.4) is 0 Å². The molecule has 0 saturated carbocycles. The summed E-state index contributed by atoms with van der Waals surface area (Å²) in [5.74, 6) is -2.45. The highest BCUT2D eigenvalue weighted by Crippen LogP contribution is 2.32. The molecule has 0 unspecified atom stereocenters. The molecule has 1 aromatic carbocycles. The minimum absolute atomic E-state index is 0.0223. The van der Waals surface area contributed by atoms with Gasteiger partial charge in [-0.05, 0) is 24.6 Å². The maximum atomic E-state index is 13.3. The Morgan fingerprint density at radius 2 is 1.95 bits per heavy atom. The number of halogens is 1. The zero-order valence-electron chi connectivity index (χ0n) is 10.9. The lowest BCUT2D eigenvalue weighted by Crippen LogP contribution is -2.39. The van der Waals surface area contributed by atoms with Crippen molar-refractivity contribution in [3.05, 3.63) is 29.1 Å². The van der Waals surface area contributed by atoms with E-state index in [4.69, 9.17) is 0 Å². The predicted octanol–water partition coefficient (Wildman–Crippen LogP) is 0.752. The molecular formula is C13H13FN2O3. The molecule has 5 nitrogen and oxygen atoms in total. The fraction of sp³-hybridized carbons (Fsp3) is 0.308. The summed E-state index contributed by atoms with van der Waals surface area (Å²) in [4.78, 5) is 37.8. The number of hydrogen-bond acceptors (Lipinski definition) is 3. The van der Waals surface area contributed by atoms with Gasteiger partial charge in [0.1, 0.15) is 12.4 Å². The molecule has 0 saturated heterocycles. The minimum Gasteiger partial charge on any atom is -0.347 e. The molecule has 19 heavy (non-hydrogen) atoms. The number of rotatable bonds is 2. The van der Waals surface area contributed by atoms with E-state index >= 15 is 0 Å². The van der Waals surface area contributed by atoms with Gasteiger partial charge in [-0.25, -0.2) is 4.39 Å². The molecule has 2 amide bonds. The van der Waals surface area contributed by atoms with E-state index in [1.165, 1.54) is 11.0 Å². The van der Waals surface area contributed by atoms with Crippen LogP contribution in [0.5, 0.6) is 0 Å². The second-order valence-corrected chi connectivity index (χ2v) is 4.63. The third kappa shape index (κ3) is 2.09. The molecule has 0 aliphatic carbocycles. The number of fused-ring (bicyclic) bond motifs is 1. The molecule has 0 bridgehead atoms. The largest absolute Gasteiger partial charge is 0.347 e. The van der Waals surface area contributed by atoms with Gasteiger partial charge in [0.15, 0.2) is 0 Å². The van der Waals surface area contributed by atoms with Crippen molar-refractivity contribution in [2.24, 2.45) is 0 Å². The molecule has 1 aromatic rings. The molecular weight excluding hydrogens is 251 g/mol. The SMILES string of the molecule is Cc1cc(F)cc2c1N(CC(=O)N(C)C)C(=O)C2=O. The summed E-state index contributed by atoms with van der Waals surface area (Å²) in [7, 11) is 3.12. The Kier molecular flexibility index (Phi) is 3.09. The highest BCUT2D eigenvalue weighted by molar-refractivity contribution is 6.52. The number of Topliss-reactive ketones (excluding diaryl/α,β-unsaturated/α-hetero) is 1. The van der Waals surface area contributed by atoms with Crippen molar-refractivity contribution in [1.82, 2.24) is 4.90 Å². The highest BCUT2D eigenvalue weighted by Gasteiger charge is 2.38. The first kappa shape index (κ1) is 13.2. The molecule has 100 valence electrons. The van der Waals surface area contributed by atoms with Gasteiger partial charge >= 0.3 is 0 Å². The fourth-order valence-corrected chi connectivity index (χ4v) is 2.03. The average molecular weight is 264 g/mol. The second-order valence-electron chi connectivity index (χ2n) is 4.63. The lowest BCUT2D eigenvalue weighted by atomic mass is 10.1. The molecule has 0 atom stereocenters. The Labute approximate surface area is 109 Å². The quantitative estimate of drug-likeness (QED) is 0.741. The van der Waals surface area contributed by atoms with Gasteiger partial charge in [-0.3, -0.25) is 19.3 Å². The Balaban J connectivity index is 2.47. The number of amides is 2. The van der Waals surface area contributed by atoms with Gasteiger partial charge in [0.05, 0.1) is 11.3 Å². The van der Waals surface area contributed by atoms with Crippen LogP contribution in [0.4, 0.5) is 10.1 Å². The number of hydrogen-bond donors (Lipinski definition) is 0. The van der Waals surface area contributed by atoms with Crippen LogP contribution in [0.1, 0.15) is 15.9 Å². The molecule has 1 aliphatic heterocycles. The van der Waals surface area contributed by atoms with Crippen LogP contribution in [0.2, 0.25) is 0 Å². The van der Waals surface area contributed by atoms with Crippen LogP contribution < -0.4 is 4.90 Å². The van der Waals surface area contributed by atoms with Crippen LogP contribution in [-0.2, 0) is 9.59 Å². The molecule has 0 N–H and O–H groups in total. The number of aryl methyl sites for hydroxylation is 1. The van der Waals surface area contributed by atoms with Crippen molar-refractivity contribution in [2.45, 2.75) is 6.92 Å². The van der Waals surface area contributed by atoms with E-state index in [-0.39, 0.29) is 18.0 Å². The minimum atomic E-state index is -0.793. The first-order chi connectivity index (χ1) is 8.82. The molecule has 0 spiro atoms. The van der Waals surface area contributed by atoms with Crippen LogP contribution >= 0.6 is 0 Å². The number of benzene rings is 1. The third-order valence-electron chi connectivity index (χ3n) is 3.01. The van der Waals surface area contributed by atoms with Gasteiger partial charge in [0, 0.05) is 14.1 Å². The smallest absolute Gasteiger partial charge is 0.299 e. The monoisotopic (exact) mass is 264 g/mol. The van der Waals surface area contributed by atoms with Crippen molar-refractivity contribution < 1.29 is 18.8 Å². The molecule has 0 radical (unpaired) electrons. The normalized spacial score (nSPS) is 13.8. The lowest BCUT2D eigenvalue weighted by molar-refractivity contribution is -0.128. The van der Waals surface area contributed by atoms with E-state index in [2.05, 4.69) is 0 Å². The predicted molar refractivity (Wildman–Crippen MR) is 66.5 cm³/mol. The lowest BCUT2D eigenvalue weighted by Gasteiger charge is -2.20. The number of anilines is 1. The van der Waals surface area contributed by atoms with E-state index in [1.807, 2.05) is 0 Å². The molecule has 2 rings (SSSR count). The van der Waals surface area contributed by atoms with Gasteiger partial charge in [0.25, 0.3) is 11.7 Å². The first-order valence-corrected chi connectivity index (χ1v) is 5.69. The number of carbonyl (C=O) groups is 3. The maximum absolute atomic E-state index is 13.3. The van der Waals surface area contributed by atoms with Crippen molar-refractivity contribution in [3.63, 3.8) is 0 Å². The van der Waals surface area contributed by atoms with E-state index in [0.717, 1.165) is 11.0 Å². The maximum Gasteiger partial charge on any atom is 0.299 e. The number of likely N-dealkylation sites (N-methyl/N-ethyl adjacent to an activating group) is 1. The summed E-state index contributed by atoms with van der Waals surface area (Å²) < 4.78 is 13.3. The van der Waals surface area contributed by atoms with Gasteiger partial charge < -0.3 is 4.90 Å². The molecule has 6 heteroatoms. The second kappa shape index (κ2) is 4.46. The van der Waals surface area contributed by atoms with Gasteiger partial charge in [0.2, 0.25) is 5.91 Å². The summed E-state index contributed by atoms with van der Waals surface area (Å²) in [5, 5.41) is 0. The van der Waals surface area contributed by atoms with Crippen LogP contribution in [0.15, 0.2) is 12.1 Å². The summed E-state index contributed by atoms with van der Waals surface area (Å²) in [6, 6.07) is 2.26. The molecule has 0 aromatic heterocycles. The van der Waals surface area contributed by atoms with E-state index in [0.29, 0.717) is 11.3 Å². The zero-order chi connectivity index (χ0) is 14.3. The highest BCUT2D eigenvalue weighted by atomic mass is 19.1. The summed E-state index contributed by atoms with van der Waals surface area (Å²) in [5.41, 5.74) is 0.807. The number of carbonyl (C=O) groups excluding carboxylic acids is 3. The van der Waals surface area contributed by atoms with E-state index in [9.17, 15) is 18.8 Å². The van der Waals surface area contributed by atoms with E-state index in [1.54, 1.807) is 21.0 Å². The van der Waals surface area contributed by atoms with Crippen molar-refractivity contribution >= 4 is 23.3 Å². The van der Waals surface area contributed by atoms with Gasteiger partial charge in [-0.1, -0.05) is 0 Å². The standard InChI is InChI=1S/C13H13FN2O3/c1-7-4-8(14)5-9-11(7)16(13(19)12(9)18)6-10(17)15(2)3/h4-5H,6H2,1-3H3. The molecule has 1 heterocycles. The topological polar surface area (TPSA) is 57.7 Å². The third-order valence-corrected chi connectivity index (χ3v) is 3.01. The number of ketones is 1. The van der Waals surface area contributed by atoms with E-state index < -0.39 is 17.5 Å². The van der Waals surface area contributed by atoms with Crippen LogP contribution in [-0.4, -0.2) is 43.1 Å². The number of nitrogens with zero attached hydrogens (tertiary/aromatic N) is 2. The van der Waals surface area contributed by atoms with Crippen molar-refractivity contribution in [3.8, 4) is 0 Å². The van der Waals surface area contributed by atoms with Crippen molar-refractivity contribution in [2.75, 3.05) is 25.5 Å². The molecule has 0 fully saturated rings. The molecule has 1 aliphatic rings. The Hall–Kier alpha value is -2.24. The average Bonchev–Trinajstić information content (AvgIpc) is 2.54. The van der Waals surface area contributed by atoms with Crippen molar-refractivity contribution in [1.29, 1.82) is 0 Å². The first-order valence-electron chi connectivity index (χ1n) is 5.69. The summed E-state index contributed by atoms with van der Waals surface area (Å²) in [6.07, 6.45) is 0. The van der Waals surface area contributed by atoms with Crippen LogP contribution in [0, 0.1) is 12.7 Å².